The van der Waals surface area contributed by atoms with Crippen LogP contribution in [-0.4, -0.2) is 88.6 Å². The van der Waals surface area contributed by atoms with Crippen molar-refractivity contribution in [3.05, 3.63) is 0 Å². The van der Waals surface area contributed by atoms with Gasteiger partial charge in [0.25, 0.3) is 0 Å². The summed E-state index contributed by atoms with van der Waals surface area (Å²) in [5.74, 6) is -2.88. The molecule has 0 aromatic carbocycles. The van der Waals surface area contributed by atoms with E-state index in [9.17, 15) is 19.2 Å². The number of likely N-dealkylation sites (N-methyl/N-ethyl adjacent to an activating group) is 1. The second kappa shape index (κ2) is 6.73. The van der Waals surface area contributed by atoms with Crippen molar-refractivity contribution in [3.8, 4) is 0 Å². The first kappa shape index (κ1) is 15.7. The average molecular weight is 287 g/mol. The molecule has 3 amide bonds. The number of hydrogen-bond donors (Lipinski definition) is 2. The minimum atomic E-state index is -1.31. The fourth-order valence-corrected chi connectivity index (χ4v) is 1.87. The molecule has 0 radical (unpaired) electrons. The highest BCUT2D eigenvalue weighted by Crippen LogP contribution is 2.06. The van der Waals surface area contributed by atoms with Crippen LogP contribution in [0.25, 0.3) is 0 Å². The van der Waals surface area contributed by atoms with Gasteiger partial charge in [0, 0.05) is 20.1 Å². The lowest BCUT2D eigenvalue weighted by Gasteiger charge is -2.27. The fraction of sp³-hybridized carbons (Fsp3) is 0.636. The number of carboxylic acids is 2. The van der Waals surface area contributed by atoms with Crippen LogP contribution in [0.1, 0.15) is 6.42 Å². The quantitative estimate of drug-likeness (QED) is 0.666. The molecular formula is C11H17N3O6. The fourth-order valence-electron chi connectivity index (χ4n) is 1.87. The molecule has 0 unspecified atom stereocenters. The molecular weight excluding hydrogens is 270 g/mol. The van der Waals surface area contributed by atoms with Gasteiger partial charge in [0.15, 0.2) is 0 Å². The summed E-state index contributed by atoms with van der Waals surface area (Å²) in [4.78, 5) is 48.5. The number of carbonyl (C=O) groups excluding carboxylic acids is 2. The maximum Gasteiger partial charge on any atom is 0.323 e. The number of hydrogen-bond acceptors (Lipinski definition) is 4. The van der Waals surface area contributed by atoms with Crippen LogP contribution in [0.2, 0.25) is 0 Å². The van der Waals surface area contributed by atoms with Gasteiger partial charge < -0.3 is 24.9 Å². The lowest BCUT2D eigenvalue weighted by atomic mass is 10.4. The summed E-state index contributed by atoms with van der Waals surface area (Å²) in [5.41, 5.74) is 0. The Hall–Kier alpha value is -2.32. The third-order valence-corrected chi connectivity index (χ3v) is 2.87. The topological polar surface area (TPSA) is 118 Å². The van der Waals surface area contributed by atoms with Crippen molar-refractivity contribution in [1.82, 2.24) is 14.7 Å². The summed E-state index contributed by atoms with van der Waals surface area (Å²) in [5, 5.41) is 17.4. The van der Waals surface area contributed by atoms with Gasteiger partial charge in [0.05, 0.1) is 0 Å². The molecule has 1 saturated heterocycles. The molecule has 20 heavy (non-hydrogen) atoms. The minimum absolute atomic E-state index is 0.176. The normalized spacial score (nSPS) is 15.8. The predicted octanol–water partition coefficient (Wildman–Crippen LogP) is -1.26. The van der Waals surface area contributed by atoms with Crippen LogP contribution in [0.3, 0.4) is 0 Å². The highest BCUT2D eigenvalue weighted by Gasteiger charge is 2.28. The Balaban J connectivity index is 2.79. The lowest BCUT2D eigenvalue weighted by molar-refractivity contribution is -0.140. The van der Waals surface area contributed by atoms with Gasteiger partial charge in [-0.3, -0.25) is 14.4 Å². The Kier molecular flexibility index (Phi) is 5.30. The molecule has 0 bridgehead atoms. The van der Waals surface area contributed by atoms with Crippen molar-refractivity contribution in [1.29, 1.82) is 0 Å². The van der Waals surface area contributed by atoms with Gasteiger partial charge in [-0.05, 0) is 6.42 Å². The highest BCUT2D eigenvalue weighted by molar-refractivity contribution is 5.88. The lowest BCUT2D eigenvalue weighted by Crippen LogP contribution is -2.49. The summed E-state index contributed by atoms with van der Waals surface area (Å²) >= 11 is 0. The van der Waals surface area contributed by atoms with E-state index < -0.39 is 31.1 Å². The Morgan fingerprint density at radius 1 is 1.15 bits per heavy atom. The number of rotatable bonds is 4. The van der Waals surface area contributed by atoms with Crippen molar-refractivity contribution in [2.24, 2.45) is 0 Å². The van der Waals surface area contributed by atoms with Crippen LogP contribution < -0.4 is 0 Å². The number of urea groups is 1. The maximum absolute atomic E-state index is 12.1. The third-order valence-electron chi connectivity index (χ3n) is 2.87. The number of carbonyl (C=O) groups is 4. The van der Waals surface area contributed by atoms with E-state index >= 15 is 0 Å². The van der Waals surface area contributed by atoms with E-state index in [1.807, 2.05) is 0 Å². The minimum Gasteiger partial charge on any atom is -0.480 e. The van der Waals surface area contributed by atoms with E-state index in [-0.39, 0.29) is 19.0 Å². The maximum atomic E-state index is 12.1. The second-order valence-electron chi connectivity index (χ2n) is 4.52. The SMILES string of the molecule is CN1CCCN(C(=O)N(CC(=O)O)CC(=O)O)CC1=O. The Labute approximate surface area is 115 Å². The summed E-state index contributed by atoms with van der Waals surface area (Å²) in [7, 11) is 1.61. The Morgan fingerprint density at radius 2 is 1.70 bits per heavy atom. The average Bonchev–Trinajstić information content (AvgIpc) is 2.49. The molecule has 1 rings (SSSR count). The first-order valence-corrected chi connectivity index (χ1v) is 6.02. The highest BCUT2D eigenvalue weighted by atomic mass is 16.4. The summed E-state index contributed by atoms with van der Waals surface area (Å²) in [6.45, 7) is -0.826. The molecule has 1 heterocycles. The molecule has 0 aliphatic carbocycles. The van der Waals surface area contributed by atoms with Gasteiger partial charge in [-0.2, -0.15) is 0 Å². The van der Waals surface area contributed by atoms with Crippen molar-refractivity contribution in [2.45, 2.75) is 6.42 Å². The van der Waals surface area contributed by atoms with Crippen LogP contribution in [0.4, 0.5) is 4.79 Å². The third kappa shape index (κ3) is 4.41. The number of amides is 3. The van der Waals surface area contributed by atoms with Crippen molar-refractivity contribution < 1.29 is 29.4 Å². The van der Waals surface area contributed by atoms with Crippen molar-refractivity contribution in [2.75, 3.05) is 39.8 Å². The summed E-state index contributed by atoms with van der Waals surface area (Å²) < 4.78 is 0. The molecule has 0 atom stereocenters. The van der Waals surface area contributed by atoms with Gasteiger partial charge >= 0.3 is 18.0 Å². The zero-order chi connectivity index (χ0) is 15.3. The van der Waals surface area contributed by atoms with Crippen LogP contribution >= 0.6 is 0 Å². The standard InChI is InChI=1S/C11H17N3O6/c1-12-3-2-4-13(5-8(12)15)11(20)14(6-9(16)17)7-10(18)19/h2-7H2,1H3,(H,16,17)(H,18,19). The smallest absolute Gasteiger partial charge is 0.323 e. The zero-order valence-electron chi connectivity index (χ0n) is 11.1. The Morgan fingerprint density at radius 3 is 2.20 bits per heavy atom. The van der Waals surface area contributed by atoms with Gasteiger partial charge in [-0.1, -0.05) is 0 Å². The summed E-state index contributed by atoms with van der Waals surface area (Å²) in [6.07, 6.45) is 0.558. The van der Waals surface area contributed by atoms with E-state index in [0.717, 1.165) is 0 Å². The largest absolute Gasteiger partial charge is 0.480 e. The molecule has 9 nitrogen and oxygen atoms in total. The number of nitrogens with zero attached hydrogens (tertiary/aromatic N) is 3. The molecule has 1 aliphatic rings. The molecule has 0 saturated carbocycles. The van der Waals surface area contributed by atoms with E-state index in [1.54, 1.807) is 7.05 Å². The van der Waals surface area contributed by atoms with Gasteiger partial charge in [0.1, 0.15) is 19.6 Å². The first-order chi connectivity index (χ1) is 9.31. The molecule has 1 fully saturated rings. The molecule has 0 aromatic rings. The van der Waals surface area contributed by atoms with Crippen molar-refractivity contribution in [3.63, 3.8) is 0 Å². The van der Waals surface area contributed by atoms with Crippen LogP contribution in [0.15, 0.2) is 0 Å². The second-order valence-corrected chi connectivity index (χ2v) is 4.52. The zero-order valence-corrected chi connectivity index (χ0v) is 11.1. The number of carboxylic acid groups (broad SMARTS) is 2. The van der Waals surface area contributed by atoms with Crippen molar-refractivity contribution >= 4 is 23.9 Å². The Bertz CT molecular complexity index is 408. The molecule has 112 valence electrons. The molecule has 1 aliphatic heterocycles. The molecule has 2 N–H and O–H groups in total. The first-order valence-electron chi connectivity index (χ1n) is 6.02. The summed E-state index contributed by atoms with van der Waals surface area (Å²) in [6, 6.07) is -0.751. The van der Waals surface area contributed by atoms with E-state index in [4.69, 9.17) is 10.2 Å². The van der Waals surface area contributed by atoms with Gasteiger partial charge in [-0.25, -0.2) is 4.79 Å². The van der Waals surface area contributed by atoms with Crippen LogP contribution in [0, 0.1) is 0 Å². The van der Waals surface area contributed by atoms with Crippen LogP contribution in [0.5, 0.6) is 0 Å². The molecule has 0 aromatic heterocycles. The van der Waals surface area contributed by atoms with E-state index in [2.05, 4.69) is 0 Å². The van der Waals surface area contributed by atoms with E-state index in [1.165, 1.54) is 9.80 Å². The van der Waals surface area contributed by atoms with E-state index in [0.29, 0.717) is 17.9 Å². The molecule has 0 spiro atoms. The predicted molar refractivity (Wildman–Crippen MR) is 66.1 cm³/mol. The van der Waals surface area contributed by atoms with Crippen LogP contribution in [-0.2, 0) is 14.4 Å². The molecule has 9 heteroatoms. The van der Waals surface area contributed by atoms with Gasteiger partial charge in [-0.15, -0.1) is 0 Å². The monoisotopic (exact) mass is 287 g/mol. The number of aliphatic carboxylic acids is 2. The van der Waals surface area contributed by atoms with Gasteiger partial charge in [0.2, 0.25) is 5.91 Å².